The molecule has 6 aromatic rings. The zero-order chi connectivity index (χ0) is 40.0. The predicted molar refractivity (Wildman–Crippen MR) is 219 cm³/mol. The molecule has 4 heterocycles. The highest BCUT2D eigenvalue weighted by atomic mass is 16.5. The fraction of sp³-hybridized carbons (Fsp3) is 0.239. The Morgan fingerprint density at radius 2 is 1.72 bits per heavy atom. The third-order valence-corrected chi connectivity index (χ3v) is 10.7. The SMILES string of the molecule is C#CCCN(Cc1ncc(-c2ccc(-c3ccc4c(c3)OCc3[nH]c([C@@H]5CCCN5C(=O)[C@H](NC(=O)OC)c5ccccc5)nc3-4)cc2)[nH]1)C(=O)Cc1ccccc1. The molecule has 3 N–H and O–H groups in total. The number of hydrogen-bond acceptors (Lipinski definition) is 7. The number of ether oxygens (including phenoxy) is 2. The lowest BCUT2D eigenvalue weighted by Crippen LogP contribution is -2.42. The Morgan fingerprint density at radius 3 is 2.48 bits per heavy atom. The number of methoxy groups -OCH3 is 1. The number of benzene rings is 4. The summed E-state index contributed by atoms with van der Waals surface area (Å²) < 4.78 is 11.1. The predicted octanol–water partition coefficient (Wildman–Crippen LogP) is 7.38. The number of rotatable bonds is 12. The van der Waals surface area contributed by atoms with Gasteiger partial charge in [0.2, 0.25) is 5.91 Å². The van der Waals surface area contributed by atoms with Crippen LogP contribution < -0.4 is 10.1 Å². The van der Waals surface area contributed by atoms with E-state index in [1.54, 1.807) is 16.0 Å². The zero-order valence-electron chi connectivity index (χ0n) is 32.1. The molecule has 8 rings (SSSR count). The van der Waals surface area contributed by atoms with E-state index < -0.39 is 12.1 Å². The Kier molecular flexibility index (Phi) is 11.0. The lowest BCUT2D eigenvalue weighted by atomic mass is 9.99. The summed E-state index contributed by atoms with van der Waals surface area (Å²) in [6, 6.07) is 32.0. The molecule has 1 fully saturated rings. The minimum Gasteiger partial charge on any atom is -0.487 e. The molecule has 2 aromatic heterocycles. The second-order valence-corrected chi connectivity index (χ2v) is 14.4. The first kappa shape index (κ1) is 37.8. The molecule has 12 heteroatoms. The van der Waals surface area contributed by atoms with E-state index in [4.69, 9.17) is 20.9 Å². The first-order valence-electron chi connectivity index (χ1n) is 19.3. The summed E-state index contributed by atoms with van der Waals surface area (Å²) >= 11 is 0. The highest BCUT2D eigenvalue weighted by molar-refractivity contribution is 5.87. The summed E-state index contributed by atoms with van der Waals surface area (Å²) in [6.45, 7) is 1.64. The van der Waals surface area contributed by atoms with Gasteiger partial charge in [-0.2, -0.15) is 0 Å². The molecule has 0 bridgehead atoms. The highest BCUT2D eigenvalue weighted by Gasteiger charge is 2.38. The number of amides is 3. The van der Waals surface area contributed by atoms with Crippen molar-refractivity contribution in [3.05, 3.63) is 138 Å². The third kappa shape index (κ3) is 8.06. The van der Waals surface area contributed by atoms with Crippen LogP contribution in [-0.2, 0) is 33.9 Å². The van der Waals surface area contributed by atoms with E-state index in [1.807, 2.05) is 84.9 Å². The Bertz CT molecular complexity index is 2450. The number of H-pyrrole nitrogens is 2. The standard InChI is InChI=1S/C46H43N7O5/c1-3-4-23-52(41(54)25-30-12-7-5-8-13-30)28-40-47-27-36(48-40)32-19-17-31(18-20-32)34-21-22-35-39(26-34)58-29-37-43(35)50-44(49-37)38-16-11-24-53(38)45(55)42(51-46(56)57-2)33-14-9-6-10-15-33/h1,5-10,12-15,17-22,26-27,38,42H,4,11,16,23-25,28-29H2,2H3,(H,47,48)(H,49,50)(H,51,56)/t38-,42+/m0/s1. The summed E-state index contributed by atoms with van der Waals surface area (Å²) in [5, 5.41) is 2.72. The summed E-state index contributed by atoms with van der Waals surface area (Å²) in [4.78, 5) is 59.5. The number of aromatic amines is 2. The van der Waals surface area contributed by atoms with Gasteiger partial charge in [0.15, 0.2) is 0 Å². The van der Waals surface area contributed by atoms with E-state index in [9.17, 15) is 14.4 Å². The van der Waals surface area contributed by atoms with Crippen LogP contribution in [0.5, 0.6) is 5.75 Å². The van der Waals surface area contributed by atoms with Crippen molar-refractivity contribution < 1.29 is 23.9 Å². The maximum absolute atomic E-state index is 14.0. The molecular weight excluding hydrogens is 731 g/mol. The Labute approximate surface area is 336 Å². The van der Waals surface area contributed by atoms with E-state index in [0.717, 1.165) is 63.5 Å². The molecule has 12 nitrogen and oxygen atoms in total. The number of hydrogen-bond donors (Lipinski definition) is 3. The average molecular weight is 774 g/mol. The van der Waals surface area contributed by atoms with Crippen molar-refractivity contribution in [2.75, 3.05) is 20.2 Å². The van der Waals surface area contributed by atoms with Gasteiger partial charge in [-0.25, -0.2) is 14.8 Å². The van der Waals surface area contributed by atoms with E-state index in [-0.39, 0.29) is 17.9 Å². The smallest absolute Gasteiger partial charge is 0.407 e. The molecule has 292 valence electrons. The van der Waals surface area contributed by atoms with Crippen LogP contribution in [0.1, 0.15) is 59.8 Å². The van der Waals surface area contributed by atoms with Gasteiger partial charge in [-0.3, -0.25) is 9.59 Å². The molecule has 4 aromatic carbocycles. The minimum absolute atomic E-state index is 0.00209. The normalized spacial score (nSPS) is 14.7. The molecule has 0 saturated carbocycles. The van der Waals surface area contributed by atoms with Gasteiger partial charge in [0.05, 0.1) is 49.4 Å². The molecule has 2 atom stereocenters. The van der Waals surface area contributed by atoms with Crippen LogP contribution in [0.25, 0.3) is 33.6 Å². The lowest BCUT2D eigenvalue weighted by molar-refractivity contribution is -0.134. The van der Waals surface area contributed by atoms with Crippen molar-refractivity contribution in [1.29, 1.82) is 0 Å². The number of likely N-dealkylation sites (tertiary alicyclic amines) is 1. The van der Waals surface area contributed by atoms with Gasteiger partial charge >= 0.3 is 6.09 Å². The van der Waals surface area contributed by atoms with Crippen molar-refractivity contribution in [1.82, 2.24) is 35.1 Å². The van der Waals surface area contributed by atoms with Gasteiger partial charge in [-0.05, 0) is 52.8 Å². The molecule has 1 saturated heterocycles. The summed E-state index contributed by atoms with van der Waals surface area (Å²) in [5.74, 6) is 4.53. The monoisotopic (exact) mass is 773 g/mol. The van der Waals surface area contributed by atoms with Crippen molar-refractivity contribution in [2.24, 2.45) is 0 Å². The number of carbonyl (C=O) groups is 3. The quantitative estimate of drug-likeness (QED) is 0.110. The number of nitrogens with zero attached hydrogens (tertiary/aromatic N) is 4. The fourth-order valence-corrected chi connectivity index (χ4v) is 7.66. The number of alkyl carbamates (subject to hydrolysis) is 1. The summed E-state index contributed by atoms with van der Waals surface area (Å²) in [6.07, 6.45) is 8.95. The zero-order valence-corrected chi connectivity index (χ0v) is 32.1. The van der Waals surface area contributed by atoms with E-state index >= 15 is 0 Å². The second kappa shape index (κ2) is 16.9. The molecule has 2 aliphatic rings. The number of carbonyl (C=O) groups excluding carboxylic acids is 3. The molecule has 0 unspecified atom stereocenters. The topological polar surface area (TPSA) is 146 Å². The van der Waals surface area contributed by atoms with Gasteiger partial charge in [0.25, 0.3) is 5.91 Å². The average Bonchev–Trinajstić information content (AvgIpc) is 4.05. The van der Waals surface area contributed by atoms with Crippen LogP contribution in [-0.4, -0.2) is 67.8 Å². The number of fused-ring (bicyclic) bond motifs is 3. The fourth-order valence-electron chi connectivity index (χ4n) is 7.66. The molecule has 0 radical (unpaired) electrons. The van der Waals surface area contributed by atoms with E-state index in [0.29, 0.717) is 56.3 Å². The first-order chi connectivity index (χ1) is 28.4. The van der Waals surface area contributed by atoms with E-state index in [2.05, 4.69) is 44.4 Å². The van der Waals surface area contributed by atoms with Crippen molar-refractivity contribution in [2.45, 2.75) is 50.9 Å². The summed E-state index contributed by atoms with van der Waals surface area (Å²) in [7, 11) is 1.28. The van der Waals surface area contributed by atoms with Gasteiger partial charge in [0.1, 0.15) is 30.0 Å². The number of imidazole rings is 2. The molecule has 2 aliphatic heterocycles. The van der Waals surface area contributed by atoms with Crippen LogP contribution in [0, 0.1) is 12.3 Å². The Hall–Kier alpha value is -7.13. The largest absolute Gasteiger partial charge is 0.487 e. The van der Waals surface area contributed by atoms with Gasteiger partial charge in [-0.15, -0.1) is 12.3 Å². The lowest BCUT2D eigenvalue weighted by Gasteiger charge is -2.28. The second-order valence-electron chi connectivity index (χ2n) is 14.4. The van der Waals surface area contributed by atoms with Crippen molar-refractivity contribution in [3.63, 3.8) is 0 Å². The van der Waals surface area contributed by atoms with Crippen LogP contribution in [0.4, 0.5) is 4.79 Å². The first-order valence-corrected chi connectivity index (χ1v) is 19.3. The van der Waals surface area contributed by atoms with Gasteiger partial charge in [0, 0.05) is 25.1 Å². The number of terminal acetylenes is 1. The van der Waals surface area contributed by atoms with E-state index in [1.165, 1.54) is 7.11 Å². The molecule has 58 heavy (non-hydrogen) atoms. The molecule has 3 amide bonds. The number of nitrogens with one attached hydrogen (secondary N) is 3. The summed E-state index contributed by atoms with van der Waals surface area (Å²) in [5.41, 5.74) is 7.98. The van der Waals surface area contributed by atoms with Gasteiger partial charge < -0.3 is 34.6 Å². The number of aromatic nitrogens is 4. The Balaban J connectivity index is 0.956. The maximum Gasteiger partial charge on any atom is 0.407 e. The Morgan fingerprint density at radius 1 is 0.983 bits per heavy atom. The molecule has 0 aliphatic carbocycles. The maximum atomic E-state index is 14.0. The van der Waals surface area contributed by atoms with Crippen LogP contribution in [0.2, 0.25) is 0 Å². The van der Waals surface area contributed by atoms with Crippen molar-refractivity contribution in [3.8, 4) is 51.7 Å². The van der Waals surface area contributed by atoms with Crippen LogP contribution in [0.3, 0.4) is 0 Å². The molecular formula is C46H43N7O5. The highest BCUT2D eigenvalue weighted by Crippen LogP contribution is 2.41. The third-order valence-electron chi connectivity index (χ3n) is 10.7. The van der Waals surface area contributed by atoms with Gasteiger partial charge in [-0.1, -0.05) is 91.0 Å². The minimum atomic E-state index is -0.893. The van der Waals surface area contributed by atoms with Crippen LogP contribution >= 0.6 is 0 Å². The van der Waals surface area contributed by atoms with Crippen LogP contribution in [0.15, 0.2) is 109 Å². The molecule has 0 spiro atoms. The van der Waals surface area contributed by atoms with Crippen molar-refractivity contribution >= 4 is 17.9 Å².